The maximum absolute atomic E-state index is 12.8. The molecule has 2 aromatic rings. The molecule has 1 atom stereocenters. The van der Waals surface area contributed by atoms with Crippen molar-refractivity contribution in [1.82, 2.24) is 19.7 Å². The van der Waals surface area contributed by atoms with Crippen LogP contribution in [-0.4, -0.2) is 25.5 Å². The molecule has 0 amide bonds. The summed E-state index contributed by atoms with van der Waals surface area (Å²) < 4.78 is 1.69. The van der Waals surface area contributed by atoms with E-state index in [1.165, 1.54) is 0 Å². The molecule has 0 saturated carbocycles. The number of allylic oxidation sites excluding steroid dienone is 2. The number of nitrogens with two attached hydrogens (primary N) is 1. The number of hydrogen-bond acceptors (Lipinski definition) is 6. The third-order valence-corrected chi connectivity index (χ3v) is 4.37. The number of hydrogen-bond donors (Lipinski definition) is 2. The van der Waals surface area contributed by atoms with Crippen molar-refractivity contribution >= 4 is 17.7 Å². The first-order valence-electron chi connectivity index (χ1n) is 7.60. The highest BCUT2D eigenvalue weighted by molar-refractivity contribution is 6.00. The number of ketones is 1. The van der Waals surface area contributed by atoms with Gasteiger partial charge < -0.3 is 11.1 Å². The van der Waals surface area contributed by atoms with Gasteiger partial charge in [-0.2, -0.15) is 4.98 Å². The van der Waals surface area contributed by atoms with Crippen molar-refractivity contribution in [3.05, 3.63) is 41.4 Å². The van der Waals surface area contributed by atoms with Crippen molar-refractivity contribution in [3.8, 4) is 0 Å². The van der Waals surface area contributed by atoms with Gasteiger partial charge in [0.05, 0.1) is 0 Å². The molecule has 3 heterocycles. The van der Waals surface area contributed by atoms with Crippen LogP contribution in [0.1, 0.15) is 38.3 Å². The Labute approximate surface area is 133 Å². The Kier molecular flexibility index (Phi) is 2.81. The molecule has 2 aliphatic rings. The third-order valence-electron chi connectivity index (χ3n) is 4.37. The SMILES string of the molecule is CC1(C)CC(=O)C2=C(C1)Nc1nc(N)nn1[C@H]2c1ccncc1. The van der Waals surface area contributed by atoms with E-state index in [2.05, 4.69) is 34.2 Å². The fraction of sp³-hybridized carbons (Fsp3) is 0.375. The van der Waals surface area contributed by atoms with E-state index >= 15 is 0 Å². The van der Waals surface area contributed by atoms with Crippen LogP contribution in [-0.2, 0) is 4.79 Å². The monoisotopic (exact) mass is 310 g/mol. The molecule has 0 bridgehead atoms. The Hall–Kier alpha value is -2.70. The van der Waals surface area contributed by atoms with Crippen LogP contribution in [0.5, 0.6) is 0 Å². The van der Waals surface area contributed by atoms with Crippen LogP contribution in [0.2, 0.25) is 0 Å². The molecule has 0 saturated heterocycles. The van der Waals surface area contributed by atoms with E-state index in [4.69, 9.17) is 5.73 Å². The zero-order valence-corrected chi connectivity index (χ0v) is 13.1. The number of carbonyl (C=O) groups is 1. The molecule has 23 heavy (non-hydrogen) atoms. The predicted molar refractivity (Wildman–Crippen MR) is 85.5 cm³/mol. The summed E-state index contributed by atoms with van der Waals surface area (Å²) >= 11 is 0. The van der Waals surface area contributed by atoms with Crippen LogP contribution < -0.4 is 11.1 Å². The lowest BCUT2D eigenvalue weighted by atomic mass is 9.73. The second kappa shape index (κ2) is 4.65. The fourth-order valence-corrected chi connectivity index (χ4v) is 3.48. The molecule has 0 aromatic carbocycles. The normalized spacial score (nSPS) is 22.3. The van der Waals surface area contributed by atoms with Gasteiger partial charge in [-0.25, -0.2) is 4.68 Å². The Morgan fingerprint density at radius 3 is 2.78 bits per heavy atom. The second-order valence-electron chi connectivity index (χ2n) is 6.88. The van der Waals surface area contributed by atoms with E-state index in [1.54, 1.807) is 17.1 Å². The molecule has 2 aromatic heterocycles. The molecule has 7 nitrogen and oxygen atoms in total. The number of carbonyl (C=O) groups excluding carboxylic acids is 1. The van der Waals surface area contributed by atoms with Crippen LogP contribution in [0.15, 0.2) is 35.8 Å². The number of Topliss-reactive ketones (excluding diaryl/α,β-unsaturated/α-hetero) is 1. The molecule has 7 heteroatoms. The summed E-state index contributed by atoms with van der Waals surface area (Å²) in [4.78, 5) is 21.1. The molecular formula is C16H18N6O. The standard InChI is InChI=1S/C16H18N6O/c1-16(2)7-10-12(11(23)8-16)13(9-3-5-18-6-4-9)22-15(19-10)20-14(17)21-22/h3-6,13H,7-8H2,1-2H3,(H3,17,19,20,21)/t13-/m0/s1. The fourth-order valence-electron chi connectivity index (χ4n) is 3.48. The minimum Gasteiger partial charge on any atom is -0.366 e. The summed E-state index contributed by atoms with van der Waals surface area (Å²) in [6, 6.07) is 3.49. The number of aromatic nitrogens is 4. The predicted octanol–water partition coefficient (Wildman–Crippen LogP) is 1.91. The van der Waals surface area contributed by atoms with Gasteiger partial charge >= 0.3 is 0 Å². The van der Waals surface area contributed by atoms with Crippen LogP contribution in [0.25, 0.3) is 0 Å². The lowest BCUT2D eigenvalue weighted by molar-refractivity contribution is -0.118. The highest BCUT2D eigenvalue weighted by Gasteiger charge is 2.41. The minimum absolute atomic E-state index is 0.0700. The van der Waals surface area contributed by atoms with Crippen LogP contribution in [0.3, 0.4) is 0 Å². The molecule has 1 aliphatic heterocycles. The van der Waals surface area contributed by atoms with Crippen molar-refractivity contribution < 1.29 is 4.79 Å². The van der Waals surface area contributed by atoms with E-state index in [0.29, 0.717) is 12.4 Å². The Morgan fingerprint density at radius 2 is 2.04 bits per heavy atom. The molecule has 0 fully saturated rings. The molecule has 1 aliphatic carbocycles. The van der Waals surface area contributed by atoms with E-state index in [1.807, 2.05) is 12.1 Å². The van der Waals surface area contributed by atoms with Crippen molar-refractivity contribution in [2.45, 2.75) is 32.7 Å². The van der Waals surface area contributed by atoms with Crippen LogP contribution >= 0.6 is 0 Å². The first kappa shape index (κ1) is 13.9. The summed E-state index contributed by atoms with van der Waals surface area (Å²) in [6.45, 7) is 4.21. The van der Waals surface area contributed by atoms with E-state index in [-0.39, 0.29) is 23.2 Å². The van der Waals surface area contributed by atoms with E-state index < -0.39 is 0 Å². The van der Waals surface area contributed by atoms with Gasteiger partial charge in [-0.1, -0.05) is 13.8 Å². The molecule has 4 rings (SSSR count). The second-order valence-corrected chi connectivity index (χ2v) is 6.88. The average molecular weight is 310 g/mol. The number of fused-ring (bicyclic) bond motifs is 1. The zero-order chi connectivity index (χ0) is 16.2. The van der Waals surface area contributed by atoms with Gasteiger partial charge in [-0.3, -0.25) is 9.78 Å². The number of anilines is 2. The Balaban J connectivity index is 1.92. The number of pyridine rings is 1. The lowest BCUT2D eigenvalue weighted by Gasteiger charge is -2.38. The Morgan fingerprint density at radius 1 is 1.30 bits per heavy atom. The molecule has 118 valence electrons. The first-order valence-corrected chi connectivity index (χ1v) is 7.60. The number of rotatable bonds is 1. The number of nitrogens with one attached hydrogen (secondary N) is 1. The van der Waals surface area contributed by atoms with Gasteiger partial charge in [0.15, 0.2) is 5.78 Å². The van der Waals surface area contributed by atoms with Crippen LogP contribution in [0.4, 0.5) is 11.9 Å². The zero-order valence-electron chi connectivity index (χ0n) is 13.1. The number of nitrogens with zero attached hydrogens (tertiary/aromatic N) is 4. The van der Waals surface area contributed by atoms with Gasteiger partial charge in [0.2, 0.25) is 11.9 Å². The summed E-state index contributed by atoms with van der Waals surface area (Å²) in [5.74, 6) is 0.914. The van der Waals surface area contributed by atoms with Crippen molar-refractivity contribution in [1.29, 1.82) is 0 Å². The summed E-state index contributed by atoms with van der Waals surface area (Å²) in [7, 11) is 0. The average Bonchev–Trinajstić information content (AvgIpc) is 2.84. The highest BCUT2D eigenvalue weighted by atomic mass is 16.1. The van der Waals surface area contributed by atoms with Gasteiger partial charge in [0, 0.05) is 30.1 Å². The minimum atomic E-state index is -0.308. The van der Waals surface area contributed by atoms with Gasteiger partial charge in [-0.05, 0) is 29.5 Å². The first-order chi connectivity index (χ1) is 10.9. The maximum Gasteiger partial charge on any atom is 0.241 e. The topological polar surface area (TPSA) is 98.7 Å². The molecule has 3 N–H and O–H groups in total. The van der Waals surface area contributed by atoms with E-state index in [9.17, 15) is 4.79 Å². The van der Waals surface area contributed by atoms with Gasteiger partial charge in [-0.15, -0.1) is 5.10 Å². The maximum atomic E-state index is 12.8. The molecule has 0 spiro atoms. The van der Waals surface area contributed by atoms with Crippen molar-refractivity contribution in [2.75, 3.05) is 11.1 Å². The summed E-state index contributed by atoms with van der Waals surface area (Å²) in [5, 5.41) is 7.54. The lowest BCUT2D eigenvalue weighted by Crippen LogP contribution is -2.36. The summed E-state index contributed by atoms with van der Waals surface area (Å²) in [5.41, 5.74) is 8.34. The third kappa shape index (κ3) is 2.19. The van der Waals surface area contributed by atoms with E-state index in [0.717, 1.165) is 23.3 Å². The Bertz CT molecular complexity index is 820. The molecule has 0 unspecified atom stereocenters. The van der Waals surface area contributed by atoms with Crippen LogP contribution in [0, 0.1) is 5.41 Å². The molecular weight excluding hydrogens is 292 g/mol. The summed E-state index contributed by atoms with van der Waals surface area (Å²) in [6.07, 6.45) is 4.75. The van der Waals surface area contributed by atoms with Gasteiger partial charge in [0.25, 0.3) is 0 Å². The number of nitrogen functional groups attached to an aromatic ring is 1. The smallest absolute Gasteiger partial charge is 0.241 e. The quantitative estimate of drug-likeness (QED) is 0.835. The van der Waals surface area contributed by atoms with Crippen molar-refractivity contribution in [2.24, 2.45) is 5.41 Å². The largest absolute Gasteiger partial charge is 0.366 e. The van der Waals surface area contributed by atoms with Crippen molar-refractivity contribution in [3.63, 3.8) is 0 Å². The molecule has 0 radical (unpaired) electrons. The highest BCUT2D eigenvalue weighted by Crippen LogP contribution is 2.45. The van der Waals surface area contributed by atoms with Gasteiger partial charge in [0.1, 0.15) is 6.04 Å².